The Morgan fingerprint density at radius 2 is 1.94 bits per heavy atom. The first-order valence-corrected chi connectivity index (χ1v) is 12.1. The Labute approximate surface area is 197 Å². The summed E-state index contributed by atoms with van der Waals surface area (Å²) in [5.74, 6) is 0.938. The Hall–Kier alpha value is -1.93. The van der Waals surface area contributed by atoms with E-state index in [0.717, 1.165) is 67.1 Å². The number of piperidine rings is 1. The molecule has 3 aromatic rings. The molecule has 6 rings (SSSR count). The number of rotatable bonds is 5. The van der Waals surface area contributed by atoms with Crippen molar-refractivity contribution in [3.05, 3.63) is 40.3 Å². The summed E-state index contributed by atoms with van der Waals surface area (Å²) in [4.78, 5) is 11.8. The molecule has 3 fully saturated rings. The van der Waals surface area contributed by atoms with Crippen molar-refractivity contribution in [1.82, 2.24) is 24.6 Å². The number of halogens is 2. The average molecular weight is 473 g/mol. The molecule has 0 amide bonds. The molecular formula is C23H26Cl2N6O. The molecule has 7 nitrogen and oxygen atoms in total. The molecule has 2 aliphatic heterocycles. The first-order valence-electron chi connectivity index (χ1n) is 11.4. The molecule has 3 aliphatic rings. The van der Waals surface area contributed by atoms with Crippen molar-refractivity contribution in [2.24, 2.45) is 0 Å². The molecule has 2 aromatic heterocycles. The minimum Gasteiger partial charge on any atom is -0.378 e. The smallest absolute Gasteiger partial charge is 0.227 e. The molecule has 1 saturated carbocycles. The van der Waals surface area contributed by atoms with E-state index in [1.165, 1.54) is 5.56 Å². The van der Waals surface area contributed by atoms with Crippen LogP contribution in [0.15, 0.2) is 24.5 Å². The summed E-state index contributed by atoms with van der Waals surface area (Å²) in [6, 6.07) is 5.65. The van der Waals surface area contributed by atoms with Gasteiger partial charge in [-0.3, -0.25) is 4.90 Å². The van der Waals surface area contributed by atoms with Gasteiger partial charge in [0.2, 0.25) is 5.95 Å². The molecule has 9 heteroatoms. The minimum atomic E-state index is 0.422. The van der Waals surface area contributed by atoms with Gasteiger partial charge < -0.3 is 10.1 Å². The summed E-state index contributed by atoms with van der Waals surface area (Å²) in [7, 11) is 0. The lowest BCUT2D eigenvalue weighted by molar-refractivity contribution is -0.0862. The molecule has 0 spiro atoms. The lowest BCUT2D eigenvalue weighted by Gasteiger charge is -2.45. The minimum absolute atomic E-state index is 0.422. The van der Waals surface area contributed by atoms with Gasteiger partial charge in [-0.1, -0.05) is 23.2 Å². The van der Waals surface area contributed by atoms with E-state index in [0.29, 0.717) is 35.1 Å². The van der Waals surface area contributed by atoms with Crippen LogP contribution < -0.4 is 5.32 Å². The van der Waals surface area contributed by atoms with Gasteiger partial charge in [0.25, 0.3) is 0 Å². The second kappa shape index (κ2) is 8.13. The van der Waals surface area contributed by atoms with Crippen molar-refractivity contribution >= 4 is 45.7 Å². The highest BCUT2D eigenvalue weighted by molar-refractivity contribution is 6.32. The molecule has 2 saturated heterocycles. The van der Waals surface area contributed by atoms with Crippen LogP contribution in [-0.4, -0.2) is 56.5 Å². The van der Waals surface area contributed by atoms with Crippen LogP contribution in [0.4, 0.5) is 11.6 Å². The van der Waals surface area contributed by atoms with Crippen LogP contribution in [0.2, 0.25) is 10.2 Å². The van der Waals surface area contributed by atoms with Crippen molar-refractivity contribution in [2.45, 2.75) is 56.7 Å². The number of nitrogens with one attached hydrogen (secondary N) is 1. The van der Waals surface area contributed by atoms with E-state index in [1.54, 1.807) is 12.4 Å². The normalized spacial score (nSPS) is 24.6. The van der Waals surface area contributed by atoms with Crippen molar-refractivity contribution in [2.75, 3.05) is 25.1 Å². The van der Waals surface area contributed by atoms with Gasteiger partial charge in [0, 0.05) is 22.6 Å². The lowest BCUT2D eigenvalue weighted by atomic mass is 9.84. The van der Waals surface area contributed by atoms with E-state index in [-0.39, 0.29) is 0 Å². The van der Waals surface area contributed by atoms with Gasteiger partial charge in [-0.25, -0.2) is 14.6 Å². The molecule has 1 aliphatic carbocycles. The third-order valence-electron chi connectivity index (χ3n) is 7.03. The van der Waals surface area contributed by atoms with Crippen molar-refractivity contribution < 1.29 is 4.74 Å². The number of fused-ring (bicyclic) bond motifs is 1. The van der Waals surface area contributed by atoms with E-state index in [1.807, 2.05) is 10.7 Å². The van der Waals surface area contributed by atoms with Gasteiger partial charge in [-0.2, -0.15) is 5.10 Å². The number of hydrogen-bond acceptors (Lipinski definition) is 6. The number of likely N-dealkylation sites (tertiary alicyclic amines) is 1. The highest BCUT2D eigenvalue weighted by Crippen LogP contribution is 2.40. The Morgan fingerprint density at radius 3 is 2.66 bits per heavy atom. The Morgan fingerprint density at radius 1 is 1.09 bits per heavy atom. The Balaban J connectivity index is 1.24. The highest BCUT2D eigenvalue weighted by Gasteiger charge is 2.35. The number of benzene rings is 1. The molecule has 2 atom stereocenters. The Kier molecular flexibility index (Phi) is 5.25. The van der Waals surface area contributed by atoms with Crippen LogP contribution in [0.25, 0.3) is 10.9 Å². The summed E-state index contributed by atoms with van der Waals surface area (Å²) < 4.78 is 7.26. The predicted octanol–water partition coefficient (Wildman–Crippen LogP) is 5.18. The predicted molar refractivity (Wildman–Crippen MR) is 126 cm³/mol. The molecule has 0 radical (unpaired) electrons. The second-order valence-corrected chi connectivity index (χ2v) is 10.0. The number of hydrogen-bond donors (Lipinski definition) is 1. The van der Waals surface area contributed by atoms with E-state index in [9.17, 15) is 0 Å². The fourth-order valence-corrected chi connectivity index (χ4v) is 5.60. The average Bonchev–Trinajstić information content (AvgIpc) is 3.52. The number of anilines is 2. The van der Waals surface area contributed by atoms with Crippen molar-refractivity contribution in [1.29, 1.82) is 0 Å². The van der Waals surface area contributed by atoms with Gasteiger partial charge in [0.05, 0.1) is 42.7 Å². The maximum Gasteiger partial charge on any atom is 0.227 e. The summed E-state index contributed by atoms with van der Waals surface area (Å²) in [5.41, 5.74) is 2.79. The van der Waals surface area contributed by atoms with E-state index in [4.69, 9.17) is 32.9 Å². The summed E-state index contributed by atoms with van der Waals surface area (Å²) in [6.07, 6.45) is 7.99. The third-order valence-corrected chi connectivity index (χ3v) is 7.73. The number of nitrogens with zero attached hydrogens (tertiary/aromatic N) is 5. The topological polar surface area (TPSA) is 68.1 Å². The van der Waals surface area contributed by atoms with Crippen LogP contribution in [0.3, 0.4) is 0 Å². The number of ether oxygens (including phenoxy) is 1. The molecular weight excluding hydrogens is 447 g/mol. The van der Waals surface area contributed by atoms with Crippen LogP contribution in [-0.2, 0) is 4.74 Å². The van der Waals surface area contributed by atoms with Gasteiger partial charge >= 0.3 is 0 Å². The zero-order valence-electron chi connectivity index (χ0n) is 18.0. The van der Waals surface area contributed by atoms with Gasteiger partial charge in [-0.05, 0) is 62.8 Å². The second-order valence-electron chi connectivity index (χ2n) is 9.28. The van der Waals surface area contributed by atoms with Gasteiger partial charge in [0.15, 0.2) is 5.15 Å². The van der Waals surface area contributed by atoms with E-state index >= 15 is 0 Å². The van der Waals surface area contributed by atoms with Crippen molar-refractivity contribution in [3.63, 3.8) is 0 Å². The summed E-state index contributed by atoms with van der Waals surface area (Å²) in [6.45, 7) is 5.12. The van der Waals surface area contributed by atoms with Gasteiger partial charge in [-0.15, -0.1) is 0 Å². The first kappa shape index (κ1) is 20.7. The van der Waals surface area contributed by atoms with Crippen LogP contribution in [0, 0.1) is 0 Å². The third kappa shape index (κ3) is 3.75. The zero-order valence-corrected chi connectivity index (χ0v) is 19.5. The first-order chi connectivity index (χ1) is 15.6. The summed E-state index contributed by atoms with van der Waals surface area (Å²) >= 11 is 13.2. The maximum atomic E-state index is 6.72. The monoisotopic (exact) mass is 472 g/mol. The van der Waals surface area contributed by atoms with Crippen LogP contribution >= 0.6 is 23.2 Å². The quantitative estimate of drug-likeness (QED) is 0.551. The number of aromatic nitrogens is 4. The lowest BCUT2D eigenvalue weighted by Crippen LogP contribution is -2.55. The SMILES string of the molecule is C[C@H]1CC(c2cc3nc(Nc4cnn(C5CC5)c4Cl)ncc3cc2Cl)CCN1C1COC1. The molecule has 0 bridgehead atoms. The fraction of sp³-hybridized carbons (Fsp3) is 0.522. The molecule has 1 aromatic carbocycles. The maximum absolute atomic E-state index is 6.72. The molecule has 32 heavy (non-hydrogen) atoms. The molecule has 4 heterocycles. The molecule has 1 unspecified atom stereocenters. The van der Waals surface area contributed by atoms with E-state index in [2.05, 4.69) is 33.3 Å². The highest BCUT2D eigenvalue weighted by atomic mass is 35.5. The zero-order chi connectivity index (χ0) is 21.8. The van der Waals surface area contributed by atoms with Crippen molar-refractivity contribution in [3.8, 4) is 0 Å². The molecule has 168 valence electrons. The Bertz CT molecular complexity index is 1160. The van der Waals surface area contributed by atoms with Crippen LogP contribution in [0.1, 0.15) is 50.1 Å². The van der Waals surface area contributed by atoms with Gasteiger partial charge in [0.1, 0.15) is 0 Å². The largest absolute Gasteiger partial charge is 0.378 e. The fourth-order valence-electron chi connectivity index (χ4n) is 5.00. The molecule has 1 N–H and O–H groups in total. The van der Waals surface area contributed by atoms with Crippen LogP contribution in [0.5, 0.6) is 0 Å². The summed E-state index contributed by atoms with van der Waals surface area (Å²) in [5, 5.41) is 9.96. The standard InChI is InChI=1S/C23H26Cl2N6O/c1-13-6-14(4-5-30(13)17-11-32-12-17)18-8-20-15(7-19(18)24)9-26-23(28-20)29-21-10-27-31(22(21)25)16-2-3-16/h7-10,13-14,16-17H,2-6,11-12H2,1H3,(H,26,28,29)/t13-,14?/m0/s1. The van der Waals surface area contributed by atoms with E-state index < -0.39 is 0 Å².